The smallest absolute Gasteiger partial charge is 0.0969 e. The maximum Gasteiger partial charge on any atom is 0.0969 e. The zero-order valence-corrected chi connectivity index (χ0v) is 15.8. The van der Waals surface area contributed by atoms with Crippen molar-refractivity contribution in [1.82, 2.24) is 0 Å². The summed E-state index contributed by atoms with van der Waals surface area (Å²) >= 11 is 2.01. The van der Waals surface area contributed by atoms with E-state index in [1.165, 1.54) is 22.3 Å². The molecule has 25 heavy (non-hydrogen) atoms. The topological polar surface area (TPSA) is 25.1 Å². The predicted octanol–water partition coefficient (Wildman–Crippen LogP) is 5.12. The van der Waals surface area contributed by atoms with Crippen molar-refractivity contribution in [1.29, 1.82) is 0 Å². The van der Waals surface area contributed by atoms with E-state index in [0.29, 0.717) is 22.7 Å². The lowest BCUT2D eigenvalue weighted by Gasteiger charge is -2.22. The Balaban J connectivity index is 1.55. The van der Waals surface area contributed by atoms with Crippen LogP contribution in [0.3, 0.4) is 0 Å². The molecular formula is C22H26O2S. The normalized spacial score (nSPS) is 23.9. The van der Waals surface area contributed by atoms with Crippen molar-refractivity contribution in [2.75, 3.05) is 13.2 Å². The average Bonchev–Trinajstić information content (AvgIpc) is 3.56. The van der Waals surface area contributed by atoms with Crippen LogP contribution in [0, 0.1) is 0 Å². The van der Waals surface area contributed by atoms with E-state index < -0.39 is 0 Å². The van der Waals surface area contributed by atoms with Crippen molar-refractivity contribution in [3.8, 4) is 0 Å². The van der Waals surface area contributed by atoms with Crippen LogP contribution in [0.15, 0.2) is 48.5 Å². The van der Waals surface area contributed by atoms with Gasteiger partial charge in [0, 0.05) is 0 Å². The highest BCUT2D eigenvalue weighted by molar-refractivity contribution is 7.99. The number of ether oxygens (including phenoxy) is 2. The second-order valence-electron chi connectivity index (χ2n) is 6.91. The molecule has 0 aromatic heterocycles. The lowest BCUT2D eigenvalue weighted by Crippen LogP contribution is -2.10. The molecule has 0 radical (unpaired) electrons. The minimum atomic E-state index is 0.341. The SMILES string of the molecule is CCc1ccc(C(SC(c2ccc(CC)cc2)C2CO2)C2CO2)cc1. The third-order valence-electron chi connectivity index (χ3n) is 5.12. The van der Waals surface area contributed by atoms with Crippen molar-refractivity contribution in [2.24, 2.45) is 0 Å². The molecule has 2 aliphatic rings. The second-order valence-corrected chi connectivity index (χ2v) is 8.20. The molecule has 0 aliphatic carbocycles. The van der Waals surface area contributed by atoms with Crippen molar-refractivity contribution in [3.05, 3.63) is 70.8 Å². The third kappa shape index (κ3) is 4.11. The maximum atomic E-state index is 5.69. The molecule has 2 aromatic rings. The van der Waals surface area contributed by atoms with Gasteiger partial charge in [-0.25, -0.2) is 0 Å². The summed E-state index contributed by atoms with van der Waals surface area (Å²) < 4.78 is 11.4. The number of thioether (sulfide) groups is 1. The lowest BCUT2D eigenvalue weighted by molar-refractivity contribution is 0.397. The van der Waals surface area contributed by atoms with Gasteiger partial charge in [0.05, 0.1) is 35.9 Å². The van der Waals surface area contributed by atoms with Crippen LogP contribution in [0.1, 0.15) is 46.6 Å². The van der Waals surface area contributed by atoms with Gasteiger partial charge in [-0.3, -0.25) is 0 Å². The van der Waals surface area contributed by atoms with Crippen molar-refractivity contribution in [3.63, 3.8) is 0 Å². The summed E-state index contributed by atoms with van der Waals surface area (Å²) in [6.07, 6.45) is 2.85. The van der Waals surface area contributed by atoms with Gasteiger partial charge in [-0.05, 0) is 35.1 Å². The Bertz CT molecular complexity index is 625. The highest BCUT2D eigenvalue weighted by Crippen LogP contribution is 2.50. The van der Waals surface area contributed by atoms with Gasteiger partial charge in [0.1, 0.15) is 0 Å². The minimum absolute atomic E-state index is 0.341. The van der Waals surface area contributed by atoms with Gasteiger partial charge in [-0.1, -0.05) is 62.4 Å². The number of hydrogen-bond acceptors (Lipinski definition) is 3. The van der Waals surface area contributed by atoms with E-state index in [0.717, 1.165) is 26.1 Å². The fraction of sp³-hybridized carbons (Fsp3) is 0.455. The summed E-state index contributed by atoms with van der Waals surface area (Å²) in [5.41, 5.74) is 5.53. The monoisotopic (exact) mass is 354 g/mol. The molecule has 0 amide bonds. The molecule has 0 bridgehead atoms. The summed E-state index contributed by atoms with van der Waals surface area (Å²) in [7, 11) is 0. The van der Waals surface area contributed by atoms with Crippen molar-refractivity contribution in [2.45, 2.75) is 49.4 Å². The molecule has 3 heteroatoms. The van der Waals surface area contributed by atoms with Crippen LogP contribution < -0.4 is 0 Å². The molecule has 0 saturated carbocycles. The molecule has 2 heterocycles. The molecule has 0 spiro atoms. The number of benzene rings is 2. The summed E-state index contributed by atoms with van der Waals surface area (Å²) in [6.45, 7) is 6.15. The van der Waals surface area contributed by atoms with E-state index in [2.05, 4.69) is 62.4 Å². The highest BCUT2D eigenvalue weighted by atomic mass is 32.2. The van der Waals surface area contributed by atoms with Crippen LogP contribution in [0.2, 0.25) is 0 Å². The molecule has 4 atom stereocenters. The van der Waals surface area contributed by atoms with Crippen LogP contribution in [0.4, 0.5) is 0 Å². The molecule has 2 saturated heterocycles. The number of hydrogen-bond donors (Lipinski definition) is 0. The predicted molar refractivity (Wildman–Crippen MR) is 104 cm³/mol. The van der Waals surface area contributed by atoms with Crippen LogP contribution in [0.25, 0.3) is 0 Å². The van der Waals surface area contributed by atoms with E-state index in [-0.39, 0.29) is 0 Å². The quantitative estimate of drug-likeness (QED) is 0.615. The van der Waals surface area contributed by atoms with Gasteiger partial charge < -0.3 is 9.47 Å². The first-order valence-electron chi connectivity index (χ1n) is 9.34. The van der Waals surface area contributed by atoms with E-state index in [1.807, 2.05) is 11.8 Å². The Morgan fingerprint density at radius 3 is 1.40 bits per heavy atom. The molecule has 4 rings (SSSR count). The van der Waals surface area contributed by atoms with Crippen LogP contribution in [-0.2, 0) is 22.3 Å². The molecule has 2 fully saturated rings. The van der Waals surface area contributed by atoms with Crippen LogP contribution in [-0.4, -0.2) is 25.4 Å². The largest absolute Gasteiger partial charge is 0.372 e. The lowest BCUT2D eigenvalue weighted by atomic mass is 10.1. The zero-order chi connectivity index (χ0) is 17.2. The Morgan fingerprint density at radius 2 is 1.12 bits per heavy atom. The minimum Gasteiger partial charge on any atom is -0.372 e. The van der Waals surface area contributed by atoms with Crippen molar-refractivity contribution >= 4 is 11.8 Å². The molecule has 4 unspecified atom stereocenters. The van der Waals surface area contributed by atoms with Gasteiger partial charge in [0.2, 0.25) is 0 Å². The summed E-state index contributed by atoms with van der Waals surface area (Å²) in [6, 6.07) is 18.1. The molecule has 0 N–H and O–H groups in total. The zero-order valence-electron chi connectivity index (χ0n) is 15.0. The molecule has 132 valence electrons. The second kappa shape index (κ2) is 7.53. The summed E-state index contributed by atoms with van der Waals surface area (Å²) in [4.78, 5) is 0. The molecule has 2 nitrogen and oxygen atoms in total. The van der Waals surface area contributed by atoms with E-state index in [1.54, 1.807) is 0 Å². The maximum absolute atomic E-state index is 5.69. The standard InChI is InChI=1S/C22H26O2S/c1-3-15-5-9-17(10-6-15)21(19-13-23-19)25-22(20-14-24-20)18-11-7-16(4-2)8-12-18/h5-12,19-22H,3-4,13-14H2,1-2H3. The highest BCUT2D eigenvalue weighted by Gasteiger charge is 2.41. The fourth-order valence-corrected chi connectivity index (χ4v) is 4.88. The third-order valence-corrected chi connectivity index (χ3v) is 6.86. The molecule has 2 aliphatic heterocycles. The first-order chi connectivity index (χ1) is 12.3. The summed E-state index contributed by atoms with van der Waals surface area (Å²) in [5, 5.41) is 0.761. The Labute approximate surface area is 154 Å². The number of aryl methyl sites for hydroxylation is 2. The van der Waals surface area contributed by atoms with Gasteiger partial charge in [0.25, 0.3) is 0 Å². The van der Waals surface area contributed by atoms with E-state index in [9.17, 15) is 0 Å². The number of rotatable bonds is 8. The Kier molecular flexibility index (Phi) is 5.16. The molecule has 2 aromatic carbocycles. The Morgan fingerprint density at radius 1 is 0.760 bits per heavy atom. The Hall–Kier alpha value is -1.29. The van der Waals surface area contributed by atoms with Gasteiger partial charge in [0.15, 0.2) is 0 Å². The number of epoxide rings is 2. The van der Waals surface area contributed by atoms with E-state index >= 15 is 0 Å². The van der Waals surface area contributed by atoms with Gasteiger partial charge >= 0.3 is 0 Å². The molecular weight excluding hydrogens is 328 g/mol. The van der Waals surface area contributed by atoms with Crippen LogP contribution >= 0.6 is 11.8 Å². The van der Waals surface area contributed by atoms with E-state index in [4.69, 9.17) is 9.47 Å². The van der Waals surface area contributed by atoms with Crippen molar-refractivity contribution < 1.29 is 9.47 Å². The van der Waals surface area contributed by atoms with Crippen LogP contribution in [0.5, 0.6) is 0 Å². The summed E-state index contributed by atoms with van der Waals surface area (Å²) in [5.74, 6) is 0. The first kappa shape index (κ1) is 17.1. The van der Waals surface area contributed by atoms with Gasteiger partial charge in [-0.15, -0.1) is 11.8 Å². The first-order valence-corrected chi connectivity index (χ1v) is 10.3. The average molecular weight is 355 g/mol. The van der Waals surface area contributed by atoms with Gasteiger partial charge in [-0.2, -0.15) is 0 Å². The fourth-order valence-electron chi connectivity index (χ4n) is 3.27.